The number of aryl methyl sites for hydroxylation is 2. The summed E-state index contributed by atoms with van der Waals surface area (Å²) >= 11 is 0. The van der Waals surface area contributed by atoms with Crippen LogP contribution in [0.15, 0.2) is 48.5 Å². The molecule has 1 fully saturated rings. The molecule has 0 aromatic heterocycles. The molecular weight excluding hydrogens is 376 g/mol. The Kier molecular flexibility index (Phi) is 5.98. The molecule has 2 atom stereocenters. The first-order chi connectivity index (χ1) is 13.2. The van der Waals surface area contributed by atoms with Crippen LogP contribution in [0.1, 0.15) is 46.0 Å². The number of carbonyl (C=O) groups excluding carboxylic acids is 2. The smallest absolute Gasteiger partial charge is 0.307 e. The van der Waals surface area contributed by atoms with Crippen LogP contribution in [-0.4, -0.2) is 31.7 Å². The predicted molar refractivity (Wildman–Crippen MR) is 107 cm³/mol. The maximum Gasteiger partial charge on any atom is 0.307 e. The minimum Gasteiger partial charge on any atom is -0.449 e. The van der Waals surface area contributed by atoms with E-state index in [2.05, 4.69) is 0 Å². The summed E-state index contributed by atoms with van der Waals surface area (Å²) in [7, 11) is -3.06. The fraction of sp³-hybridized carbons (Fsp3) is 0.364. The van der Waals surface area contributed by atoms with E-state index in [0.29, 0.717) is 17.5 Å². The maximum absolute atomic E-state index is 13.0. The number of benzene rings is 2. The van der Waals surface area contributed by atoms with Crippen molar-refractivity contribution >= 4 is 21.6 Å². The molecule has 0 bridgehead atoms. The van der Waals surface area contributed by atoms with Crippen molar-refractivity contribution in [1.82, 2.24) is 0 Å². The highest BCUT2D eigenvalue weighted by atomic mass is 32.2. The number of esters is 1. The zero-order valence-corrected chi connectivity index (χ0v) is 16.9. The van der Waals surface area contributed by atoms with Crippen LogP contribution in [0.3, 0.4) is 0 Å². The minimum atomic E-state index is -3.06. The largest absolute Gasteiger partial charge is 0.449 e. The van der Waals surface area contributed by atoms with Crippen molar-refractivity contribution in [2.75, 3.05) is 11.5 Å². The highest BCUT2D eigenvalue weighted by Crippen LogP contribution is 2.27. The third kappa shape index (κ3) is 5.07. The molecule has 28 heavy (non-hydrogen) atoms. The van der Waals surface area contributed by atoms with Gasteiger partial charge in [0.1, 0.15) is 0 Å². The molecule has 3 rings (SSSR count). The van der Waals surface area contributed by atoms with Crippen LogP contribution in [-0.2, 0) is 19.4 Å². The summed E-state index contributed by atoms with van der Waals surface area (Å²) in [5.74, 6) is -0.979. The molecule has 2 aromatic carbocycles. The van der Waals surface area contributed by atoms with E-state index in [1.54, 1.807) is 24.3 Å². The number of Topliss-reactive ketones (excluding diaryl/α,β-unsaturated/α-hetero) is 1. The van der Waals surface area contributed by atoms with Gasteiger partial charge in [0.05, 0.1) is 11.5 Å². The topological polar surface area (TPSA) is 77.5 Å². The zero-order valence-electron chi connectivity index (χ0n) is 16.1. The number of ketones is 1. The second-order valence-electron chi connectivity index (χ2n) is 7.48. The van der Waals surface area contributed by atoms with Gasteiger partial charge in [-0.05, 0) is 26.2 Å². The van der Waals surface area contributed by atoms with Crippen LogP contribution in [0.5, 0.6) is 0 Å². The monoisotopic (exact) mass is 400 g/mol. The number of ether oxygens (including phenoxy) is 1. The molecule has 1 heterocycles. The molecule has 0 amide bonds. The van der Waals surface area contributed by atoms with Gasteiger partial charge in [-0.2, -0.15) is 0 Å². The van der Waals surface area contributed by atoms with Crippen molar-refractivity contribution in [3.05, 3.63) is 70.8 Å². The summed E-state index contributed by atoms with van der Waals surface area (Å²) in [4.78, 5) is 25.5. The molecule has 0 saturated carbocycles. The van der Waals surface area contributed by atoms with Gasteiger partial charge in [-0.15, -0.1) is 0 Å². The summed E-state index contributed by atoms with van der Waals surface area (Å²) < 4.78 is 28.8. The van der Waals surface area contributed by atoms with Crippen LogP contribution in [0, 0.1) is 19.8 Å². The van der Waals surface area contributed by atoms with Gasteiger partial charge in [0.2, 0.25) is 5.78 Å². The van der Waals surface area contributed by atoms with Gasteiger partial charge in [-0.1, -0.05) is 59.7 Å². The predicted octanol–water partition coefficient (Wildman–Crippen LogP) is 3.60. The Balaban J connectivity index is 1.79. The van der Waals surface area contributed by atoms with Crippen molar-refractivity contribution in [2.24, 2.45) is 5.92 Å². The number of carbonyl (C=O) groups is 2. The SMILES string of the molecule is Cc1ccc(C(=O)[C@H](OC(=O)C[C@H]2CCS(=O)(=O)C2)c2ccc(C)cc2)cc1. The Hall–Kier alpha value is -2.47. The van der Waals surface area contributed by atoms with E-state index in [4.69, 9.17) is 4.74 Å². The summed E-state index contributed by atoms with van der Waals surface area (Å²) in [5, 5.41) is 0. The molecule has 1 saturated heterocycles. The third-order valence-corrected chi connectivity index (χ3v) is 6.82. The first-order valence-corrected chi connectivity index (χ1v) is 11.1. The van der Waals surface area contributed by atoms with Gasteiger partial charge in [-0.25, -0.2) is 8.42 Å². The van der Waals surface area contributed by atoms with Gasteiger partial charge in [0.15, 0.2) is 15.9 Å². The van der Waals surface area contributed by atoms with Gasteiger partial charge >= 0.3 is 5.97 Å². The molecule has 0 spiro atoms. The van der Waals surface area contributed by atoms with Crippen LogP contribution in [0.2, 0.25) is 0 Å². The number of hydrogen-bond donors (Lipinski definition) is 0. The summed E-state index contributed by atoms with van der Waals surface area (Å²) in [6.07, 6.45) is -0.588. The third-order valence-electron chi connectivity index (χ3n) is 4.99. The fourth-order valence-electron chi connectivity index (χ4n) is 3.33. The lowest BCUT2D eigenvalue weighted by atomic mass is 9.98. The van der Waals surface area contributed by atoms with Gasteiger partial charge in [0, 0.05) is 17.5 Å². The molecule has 2 aromatic rings. The Morgan fingerprint density at radius 2 is 1.57 bits per heavy atom. The maximum atomic E-state index is 13.0. The molecule has 1 aliphatic heterocycles. The van der Waals surface area contributed by atoms with Gasteiger partial charge < -0.3 is 4.74 Å². The van der Waals surface area contributed by atoms with Gasteiger partial charge in [-0.3, -0.25) is 9.59 Å². The van der Waals surface area contributed by atoms with Gasteiger partial charge in [0.25, 0.3) is 0 Å². The van der Waals surface area contributed by atoms with Crippen LogP contribution >= 0.6 is 0 Å². The lowest BCUT2D eigenvalue weighted by Gasteiger charge is -2.19. The minimum absolute atomic E-state index is 0.00275. The summed E-state index contributed by atoms with van der Waals surface area (Å²) in [6, 6.07) is 14.4. The first kappa shape index (κ1) is 20.3. The normalized spacial score (nSPS) is 19.1. The van der Waals surface area contributed by atoms with Crippen molar-refractivity contribution < 1.29 is 22.7 Å². The zero-order chi connectivity index (χ0) is 20.3. The molecule has 148 valence electrons. The molecule has 0 unspecified atom stereocenters. The second-order valence-corrected chi connectivity index (χ2v) is 9.71. The molecule has 1 aliphatic rings. The summed E-state index contributed by atoms with van der Waals surface area (Å²) in [6.45, 7) is 3.87. The van der Waals surface area contributed by atoms with E-state index in [-0.39, 0.29) is 29.6 Å². The van der Waals surface area contributed by atoms with E-state index in [1.807, 2.05) is 38.1 Å². The van der Waals surface area contributed by atoms with Crippen LogP contribution < -0.4 is 0 Å². The quantitative estimate of drug-likeness (QED) is 0.547. The van der Waals surface area contributed by atoms with E-state index in [0.717, 1.165) is 11.1 Å². The van der Waals surface area contributed by atoms with E-state index >= 15 is 0 Å². The summed E-state index contributed by atoms with van der Waals surface area (Å²) in [5.41, 5.74) is 3.13. The van der Waals surface area contributed by atoms with E-state index < -0.39 is 21.9 Å². The Labute approximate surface area is 165 Å². The van der Waals surface area contributed by atoms with E-state index in [9.17, 15) is 18.0 Å². The standard InChI is InChI=1S/C22H24O5S/c1-15-3-7-18(8-4-15)21(24)22(19-9-5-16(2)6-10-19)27-20(23)13-17-11-12-28(25,26)14-17/h3-10,17,22H,11-14H2,1-2H3/t17-,22-/m1/s1. The molecular formula is C22H24O5S. The lowest BCUT2D eigenvalue weighted by Crippen LogP contribution is -2.22. The average Bonchev–Trinajstić information content (AvgIpc) is 2.99. The van der Waals surface area contributed by atoms with Crippen molar-refractivity contribution in [3.8, 4) is 0 Å². The van der Waals surface area contributed by atoms with Crippen molar-refractivity contribution in [1.29, 1.82) is 0 Å². The van der Waals surface area contributed by atoms with Crippen molar-refractivity contribution in [2.45, 2.75) is 32.8 Å². The van der Waals surface area contributed by atoms with Crippen LogP contribution in [0.25, 0.3) is 0 Å². The molecule has 0 N–H and O–H groups in total. The number of rotatable bonds is 6. The average molecular weight is 400 g/mol. The number of hydrogen-bond acceptors (Lipinski definition) is 5. The first-order valence-electron chi connectivity index (χ1n) is 9.31. The fourth-order valence-corrected chi connectivity index (χ4v) is 5.19. The lowest BCUT2D eigenvalue weighted by molar-refractivity contribution is -0.148. The Bertz CT molecular complexity index is 959. The van der Waals surface area contributed by atoms with E-state index in [1.165, 1.54) is 0 Å². The van der Waals surface area contributed by atoms with Crippen LogP contribution in [0.4, 0.5) is 0 Å². The molecule has 0 aliphatic carbocycles. The second kappa shape index (κ2) is 8.27. The molecule has 5 nitrogen and oxygen atoms in total. The highest BCUT2D eigenvalue weighted by molar-refractivity contribution is 7.91. The molecule has 6 heteroatoms. The highest BCUT2D eigenvalue weighted by Gasteiger charge is 2.32. The Morgan fingerprint density at radius 1 is 1.00 bits per heavy atom. The molecule has 0 radical (unpaired) electrons. The van der Waals surface area contributed by atoms with Crippen molar-refractivity contribution in [3.63, 3.8) is 0 Å². The number of sulfone groups is 1. The Morgan fingerprint density at radius 3 is 2.11 bits per heavy atom.